The Balaban J connectivity index is 2.26. The van der Waals surface area contributed by atoms with Crippen LogP contribution in [0.3, 0.4) is 0 Å². The molecule has 0 atom stereocenters. The fourth-order valence-corrected chi connectivity index (χ4v) is 2.23. The van der Waals surface area contributed by atoms with E-state index in [1.165, 1.54) is 5.56 Å². The largest absolute Gasteiger partial charge is 0.219 e. The maximum absolute atomic E-state index is 4.55. The molecular weight excluding hydrogens is 278 g/mol. The molecular formula is C13H10BrN3. The Bertz CT molecular complexity index is 688. The summed E-state index contributed by atoms with van der Waals surface area (Å²) < 4.78 is 2.73. The van der Waals surface area contributed by atoms with Gasteiger partial charge in [0.1, 0.15) is 0 Å². The molecule has 0 saturated carbocycles. The summed E-state index contributed by atoms with van der Waals surface area (Å²) in [6, 6.07) is 12.0. The van der Waals surface area contributed by atoms with Crippen molar-refractivity contribution in [2.75, 3.05) is 0 Å². The lowest BCUT2D eigenvalue weighted by Gasteiger charge is -1.98. The predicted octanol–water partition coefficient (Wildman–Crippen LogP) is 3.47. The first-order valence-corrected chi connectivity index (χ1v) is 6.12. The van der Waals surface area contributed by atoms with E-state index in [9.17, 15) is 0 Å². The number of nitrogens with zero attached hydrogens (tertiary/aromatic N) is 3. The number of hydrogen-bond donors (Lipinski definition) is 0. The van der Waals surface area contributed by atoms with Crippen molar-refractivity contribution >= 4 is 21.6 Å². The Morgan fingerprint density at radius 1 is 1.12 bits per heavy atom. The standard InChI is InChI=1S/C13H10BrN3/c1-9-5-2-3-6-10(9)12-15-13-11(14)7-4-8-17(13)16-12/h2-8H,1H3. The molecule has 2 aromatic heterocycles. The monoisotopic (exact) mass is 287 g/mol. The predicted molar refractivity (Wildman–Crippen MR) is 70.9 cm³/mol. The summed E-state index contributed by atoms with van der Waals surface area (Å²) in [4.78, 5) is 4.55. The van der Waals surface area contributed by atoms with Gasteiger partial charge in [-0.15, -0.1) is 5.10 Å². The van der Waals surface area contributed by atoms with E-state index in [4.69, 9.17) is 0 Å². The minimum Gasteiger partial charge on any atom is -0.219 e. The molecule has 2 heterocycles. The summed E-state index contributed by atoms with van der Waals surface area (Å²) in [6.45, 7) is 2.07. The highest BCUT2D eigenvalue weighted by Crippen LogP contribution is 2.22. The Morgan fingerprint density at radius 2 is 1.94 bits per heavy atom. The number of halogens is 1. The zero-order valence-corrected chi connectivity index (χ0v) is 10.8. The maximum Gasteiger partial charge on any atom is 0.182 e. The van der Waals surface area contributed by atoms with E-state index in [1.54, 1.807) is 4.52 Å². The number of benzene rings is 1. The van der Waals surface area contributed by atoms with Crippen LogP contribution in [0.5, 0.6) is 0 Å². The van der Waals surface area contributed by atoms with Crippen molar-refractivity contribution in [2.24, 2.45) is 0 Å². The number of aromatic nitrogens is 3. The van der Waals surface area contributed by atoms with Gasteiger partial charge in [-0.25, -0.2) is 9.50 Å². The molecule has 0 radical (unpaired) electrons. The van der Waals surface area contributed by atoms with Crippen molar-refractivity contribution in [2.45, 2.75) is 6.92 Å². The normalized spacial score (nSPS) is 10.9. The van der Waals surface area contributed by atoms with Crippen LogP contribution in [-0.2, 0) is 0 Å². The lowest BCUT2D eigenvalue weighted by Crippen LogP contribution is -1.87. The van der Waals surface area contributed by atoms with Crippen LogP contribution in [0.4, 0.5) is 0 Å². The minimum absolute atomic E-state index is 0.759. The SMILES string of the molecule is Cc1ccccc1-c1nc2c(Br)cccn2n1. The Morgan fingerprint density at radius 3 is 2.71 bits per heavy atom. The van der Waals surface area contributed by atoms with Crippen LogP contribution in [0.25, 0.3) is 17.0 Å². The third-order valence-electron chi connectivity index (χ3n) is 2.70. The lowest BCUT2D eigenvalue weighted by molar-refractivity contribution is 0.962. The first kappa shape index (κ1) is 10.5. The molecule has 4 heteroatoms. The molecule has 0 unspecified atom stereocenters. The van der Waals surface area contributed by atoms with Gasteiger partial charge >= 0.3 is 0 Å². The van der Waals surface area contributed by atoms with E-state index in [-0.39, 0.29) is 0 Å². The molecule has 84 valence electrons. The zero-order chi connectivity index (χ0) is 11.8. The molecule has 0 aliphatic rings. The Labute approximate surface area is 107 Å². The smallest absolute Gasteiger partial charge is 0.182 e. The van der Waals surface area contributed by atoms with Gasteiger partial charge in [-0.3, -0.25) is 0 Å². The third kappa shape index (κ3) is 1.74. The zero-order valence-electron chi connectivity index (χ0n) is 9.26. The van der Waals surface area contributed by atoms with Gasteiger partial charge < -0.3 is 0 Å². The van der Waals surface area contributed by atoms with Gasteiger partial charge in [0, 0.05) is 11.8 Å². The summed E-state index contributed by atoms with van der Waals surface area (Å²) >= 11 is 3.48. The van der Waals surface area contributed by atoms with Crippen molar-refractivity contribution in [3.05, 3.63) is 52.6 Å². The van der Waals surface area contributed by atoms with Crippen LogP contribution >= 0.6 is 15.9 Å². The second kappa shape index (κ2) is 3.96. The second-order valence-electron chi connectivity index (χ2n) is 3.87. The van der Waals surface area contributed by atoms with Crippen LogP contribution in [0.15, 0.2) is 47.1 Å². The second-order valence-corrected chi connectivity index (χ2v) is 4.73. The summed E-state index contributed by atoms with van der Waals surface area (Å²) in [5.41, 5.74) is 3.09. The fraction of sp³-hybridized carbons (Fsp3) is 0.0769. The van der Waals surface area contributed by atoms with E-state index in [2.05, 4.69) is 39.0 Å². The number of pyridine rings is 1. The lowest BCUT2D eigenvalue weighted by atomic mass is 10.1. The van der Waals surface area contributed by atoms with E-state index < -0.39 is 0 Å². The molecule has 17 heavy (non-hydrogen) atoms. The van der Waals surface area contributed by atoms with Gasteiger partial charge in [-0.05, 0) is 40.5 Å². The average molecular weight is 288 g/mol. The van der Waals surface area contributed by atoms with Gasteiger partial charge in [0.25, 0.3) is 0 Å². The first-order chi connectivity index (χ1) is 8.25. The van der Waals surface area contributed by atoms with Gasteiger partial charge in [-0.1, -0.05) is 24.3 Å². The molecule has 3 rings (SSSR count). The van der Waals surface area contributed by atoms with Crippen LogP contribution in [0.1, 0.15) is 5.56 Å². The van der Waals surface area contributed by atoms with Crippen LogP contribution in [-0.4, -0.2) is 14.6 Å². The van der Waals surface area contributed by atoms with Crippen molar-refractivity contribution < 1.29 is 0 Å². The Hall–Kier alpha value is -1.68. The molecule has 0 saturated heterocycles. The quantitative estimate of drug-likeness (QED) is 0.686. The van der Waals surface area contributed by atoms with Crippen LogP contribution in [0, 0.1) is 6.92 Å². The number of fused-ring (bicyclic) bond motifs is 1. The molecule has 0 spiro atoms. The highest BCUT2D eigenvalue weighted by molar-refractivity contribution is 9.10. The van der Waals surface area contributed by atoms with Crippen LogP contribution in [0.2, 0.25) is 0 Å². The summed E-state index contributed by atoms with van der Waals surface area (Å²) in [5, 5.41) is 4.48. The van der Waals surface area contributed by atoms with Crippen molar-refractivity contribution in [1.29, 1.82) is 0 Å². The molecule has 0 aliphatic carbocycles. The van der Waals surface area contributed by atoms with Crippen molar-refractivity contribution in [1.82, 2.24) is 14.6 Å². The third-order valence-corrected chi connectivity index (χ3v) is 3.32. The molecule has 1 aromatic carbocycles. The van der Waals surface area contributed by atoms with E-state index in [0.717, 1.165) is 21.5 Å². The highest BCUT2D eigenvalue weighted by Gasteiger charge is 2.09. The van der Waals surface area contributed by atoms with Crippen molar-refractivity contribution in [3.63, 3.8) is 0 Å². The minimum atomic E-state index is 0.759. The molecule has 0 amide bonds. The fourth-order valence-electron chi connectivity index (χ4n) is 1.81. The van der Waals surface area contributed by atoms with Gasteiger partial charge in [0.2, 0.25) is 0 Å². The van der Waals surface area contributed by atoms with E-state index in [0.29, 0.717) is 0 Å². The van der Waals surface area contributed by atoms with Gasteiger partial charge in [0.15, 0.2) is 11.5 Å². The summed E-state index contributed by atoms with van der Waals surface area (Å²) in [5.74, 6) is 0.759. The Kier molecular flexibility index (Phi) is 2.44. The molecule has 0 N–H and O–H groups in total. The summed E-state index contributed by atoms with van der Waals surface area (Å²) in [6.07, 6.45) is 1.90. The van der Waals surface area contributed by atoms with Crippen molar-refractivity contribution in [3.8, 4) is 11.4 Å². The van der Waals surface area contributed by atoms with Crippen LogP contribution < -0.4 is 0 Å². The van der Waals surface area contributed by atoms with E-state index >= 15 is 0 Å². The van der Waals surface area contributed by atoms with Gasteiger partial charge in [-0.2, -0.15) is 0 Å². The molecule has 3 aromatic rings. The van der Waals surface area contributed by atoms with E-state index in [1.807, 2.05) is 36.5 Å². The number of hydrogen-bond acceptors (Lipinski definition) is 2. The van der Waals surface area contributed by atoms with Gasteiger partial charge in [0.05, 0.1) is 4.47 Å². The first-order valence-electron chi connectivity index (χ1n) is 5.32. The number of aryl methyl sites for hydroxylation is 1. The summed E-state index contributed by atoms with van der Waals surface area (Å²) in [7, 11) is 0. The maximum atomic E-state index is 4.55. The topological polar surface area (TPSA) is 30.2 Å². The highest BCUT2D eigenvalue weighted by atomic mass is 79.9. The molecule has 3 nitrogen and oxygen atoms in total. The molecule has 0 bridgehead atoms. The number of rotatable bonds is 1. The molecule has 0 fully saturated rings. The average Bonchev–Trinajstić information content (AvgIpc) is 2.75. The molecule has 0 aliphatic heterocycles.